The van der Waals surface area contributed by atoms with Crippen molar-refractivity contribution in [2.45, 2.75) is 18.7 Å². The first-order valence-corrected chi connectivity index (χ1v) is 6.94. The summed E-state index contributed by atoms with van der Waals surface area (Å²) < 4.78 is 13.8. The smallest absolute Gasteiger partial charge is 0.127 e. The first-order valence-electron chi connectivity index (χ1n) is 5.65. The van der Waals surface area contributed by atoms with Gasteiger partial charge in [-0.25, -0.2) is 4.39 Å². The normalized spacial score (nSPS) is 12.5. The SMILES string of the molecule is Cc1ccc(C(Br)c2cc(Cl)ccc2F)c(C)c1. The predicted molar refractivity (Wildman–Crippen MR) is 78.1 cm³/mol. The molecule has 2 aromatic carbocycles. The van der Waals surface area contributed by atoms with Gasteiger partial charge < -0.3 is 0 Å². The molecule has 0 heterocycles. The lowest BCUT2D eigenvalue weighted by atomic mass is 9.98. The molecule has 0 aliphatic carbocycles. The van der Waals surface area contributed by atoms with E-state index in [1.807, 2.05) is 26.0 Å². The molecule has 0 aliphatic rings. The highest BCUT2D eigenvalue weighted by atomic mass is 79.9. The predicted octanol–water partition coefficient (Wildman–Crippen LogP) is 5.58. The number of benzene rings is 2. The van der Waals surface area contributed by atoms with E-state index >= 15 is 0 Å². The summed E-state index contributed by atoms with van der Waals surface area (Å²) >= 11 is 9.48. The van der Waals surface area contributed by atoms with Crippen molar-refractivity contribution in [1.82, 2.24) is 0 Å². The highest BCUT2D eigenvalue weighted by Gasteiger charge is 2.17. The Labute approximate surface area is 120 Å². The fraction of sp³-hybridized carbons (Fsp3) is 0.200. The monoisotopic (exact) mass is 326 g/mol. The van der Waals surface area contributed by atoms with Crippen LogP contribution in [-0.2, 0) is 0 Å². The summed E-state index contributed by atoms with van der Waals surface area (Å²) in [5.74, 6) is -0.249. The average Bonchev–Trinajstić information content (AvgIpc) is 2.31. The number of halogens is 3. The van der Waals surface area contributed by atoms with Crippen LogP contribution in [-0.4, -0.2) is 0 Å². The quantitative estimate of drug-likeness (QED) is 0.632. The summed E-state index contributed by atoms with van der Waals surface area (Å²) in [6, 6.07) is 10.8. The van der Waals surface area contributed by atoms with E-state index in [0.29, 0.717) is 10.6 Å². The van der Waals surface area contributed by atoms with Crippen LogP contribution in [0.5, 0.6) is 0 Å². The molecule has 0 radical (unpaired) electrons. The molecule has 0 nitrogen and oxygen atoms in total. The van der Waals surface area contributed by atoms with Crippen LogP contribution in [0, 0.1) is 19.7 Å². The standard InChI is InChI=1S/C15H13BrClF/c1-9-3-5-12(10(2)7-9)15(16)13-8-11(17)4-6-14(13)18/h3-8,15H,1-2H3. The third-order valence-electron chi connectivity index (χ3n) is 2.93. The number of hydrogen-bond acceptors (Lipinski definition) is 0. The topological polar surface area (TPSA) is 0 Å². The van der Waals surface area contributed by atoms with Gasteiger partial charge in [0.15, 0.2) is 0 Å². The Hall–Kier alpha value is -0.860. The minimum atomic E-state index is -0.249. The largest absolute Gasteiger partial charge is 0.207 e. The van der Waals surface area contributed by atoms with Gasteiger partial charge in [0.05, 0.1) is 4.83 Å². The summed E-state index contributed by atoms with van der Waals surface area (Å²) in [6.45, 7) is 4.07. The Morgan fingerprint density at radius 1 is 1.06 bits per heavy atom. The van der Waals surface area contributed by atoms with Crippen LogP contribution in [0.4, 0.5) is 4.39 Å². The van der Waals surface area contributed by atoms with Gasteiger partial charge in [0.25, 0.3) is 0 Å². The van der Waals surface area contributed by atoms with E-state index in [0.717, 1.165) is 11.1 Å². The summed E-state index contributed by atoms with van der Waals surface area (Å²) in [6.07, 6.45) is 0. The Bertz CT molecular complexity index is 581. The molecule has 0 aliphatic heterocycles. The lowest BCUT2D eigenvalue weighted by Crippen LogP contribution is -1.99. The fourth-order valence-electron chi connectivity index (χ4n) is 1.99. The van der Waals surface area contributed by atoms with Crippen LogP contribution in [0.15, 0.2) is 36.4 Å². The van der Waals surface area contributed by atoms with Crippen LogP contribution in [0.2, 0.25) is 5.02 Å². The van der Waals surface area contributed by atoms with E-state index < -0.39 is 0 Å². The van der Waals surface area contributed by atoms with Crippen LogP contribution in [0.25, 0.3) is 0 Å². The van der Waals surface area contributed by atoms with Crippen LogP contribution < -0.4 is 0 Å². The zero-order valence-corrected chi connectivity index (χ0v) is 12.5. The van der Waals surface area contributed by atoms with E-state index in [2.05, 4.69) is 22.0 Å². The molecule has 18 heavy (non-hydrogen) atoms. The third-order valence-corrected chi connectivity index (χ3v) is 4.15. The zero-order valence-electron chi connectivity index (χ0n) is 10.2. The number of alkyl halides is 1. The second-order valence-electron chi connectivity index (χ2n) is 4.39. The van der Waals surface area contributed by atoms with E-state index in [9.17, 15) is 4.39 Å². The van der Waals surface area contributed by atoms with Gasteiger partial charge in [0.1, 0.15) is 5.82 Å². The van der Waals surface area contributed by atoms with Crippen LogP contribution in [0.1, 0.15) is 27.1 Å². The van der Waals surface area contributed by atoms with Gasteiger partial charge in [0.2, 0.25) is 0 Å². The summed E-state index contributed by atoms with van der Waals surface area (Å²) in [7, 11) is 0. The molecule has 0 bridgehead atoms. The van der Waals surface area contributed by atoms with Gasteiger partial charge in [-0.1, -0.05) is 51.3 Å². The number of hydrogen-bond donors (Lipinski definition) is 0. The van der Waals surface area contributed by atoms with Crippen molar-refractivity contribution in [2.75, 3.05) is 0 Å². The average molecular weight is 328 g/mol. The highest BCUT2D eigenvalue weighted by molar-refractivity contribution is 9.09. The third kappa shape index (κ3) is 2.76. The van der Waals surface area contributed by atoms with Gasteiger partial charge in [-0.2, -0.15) is 0 Å². The molecular weight excluding hydrogens is 315 g/mol. The lowest BCUT2D eigenvalue weighted by molar-refractivity contribution is 0.613. The second kappa shape index (κ2) is 5.41. The summed E-state index contributed by atoms with van der Waals surface area (Å²) in [4.78, 5) is -0.184. The first-order chi connectivity index (χ1) is 8.49. The Balaban J connectivity index is 2.47. The molecule has 0 saturated heterocycles. The van der Waals surface area contributed by atoms with E-state index in [-0.39, 0.29) is 10.6 Å². The molecule has 2 rings (SSSR count). The summed E-state index contributed by atoms with van der Waals surface area (Å²) in [5.41, 5.74) is 3.95. The Morgan fingerprint density at radius 2 is 1.78 bits per heavy atom. The molecule has 0 spiro atoms. The van der Waals surface area contributed by atoms with Crippen molar-refractivity contribution in [3.63, 3.8) is 0 Å². The highest BCUT2D eigenvalue weighted by Crippen LogP contribution is 2.35. The van der Waals surface area contributed by atoms with Gasteiger partial charge in [-0.05, 0) is 43.2 Å². The molecule has 3 heteroatoms. The van der Waals surface area contributed by atoms with Gasteiger partial charge in [0, 0.05) is 10.6 Å². The zero-order chi connectivity index (χ0) is 13.3. The van der Waals surface area contributed by atoms with E-state index in [1.54, 1.807) is 12.1 Å². The Kier molecular flexibility index (Phi) is 4.08. The van der Waals surface area contributed by atoms with Crippen molar-refractivity contribution < 1.29 is 4.39 Å². The molecule has 0 saturated carbocycles. The number of rotatable bonds is 2. The minimum Gasteiger partial charge on any atom is -0.207 e. The molecule has 0 N–H and O–H groups in total. The molecule has 2 aromatic rings. The first kappa shape index (κ1) is 13.6. The molecule has 0 fully saturated rings. The van der Waals surface area contributed by atoms with Crippen LogP contribution >= 0.6 is 27.5 Å². The maximum absolute atomic E-state index is 13.8. The van der Waals surface area contributed by atoms with Crippen molar-refractivity contribution in [3.05, 3.63) is 69.5 Å². The fourth-order valence-corrected chi connectivity index (χ4v) is 3.03. The lowest BCUT2D eigenvalue weighted by Gasteiger charge is -2.15. The van der Waals surface area contributed by atoms with E-state index in [1.165, 1.54) is 11.6 Å². The van der Waals surface area contributed by atoms with Gasteiger partial charge >= 0.3 is 0 Å². The van der Waals surface area contributed by atoms with Crippen molar-refractivity contribution in [3.8, 4) is 0 Å². The molecule has 1 atom stereocenters. The molecule has 94 valence electrons. The molecule has 1 unspecified atom stereocenters. The molecule has 0 aromatic heterocycles. The van der Waals surface area contributed by atoms with Gasteiger partial charge in [-0.15, -0.1) is 0 Å². The number of aryl methyl sites for hydroxylation is 2. The van der Waals surface area contributed by atoms with Gasteiger partial charge in [-0.3, -0.25) is 0 Å². The summed E-state index contributed by atoms with van der Waals surface area (Å²) in [5, 5.41) is 0.542. The molecule has 0 amide bonds. The van der Waals surface area contributed by atoms with Crippen molar-refractivity contribution >= 4 is 27.5 Å². The maximum atomic E-state index is 13.8. The maximum Gasteiger partial charge on any atom is 0.127 e. The minimum absolute atomic E-state index is 0.184. The van der Waals surface area contributed by atoms with Crippen molar-refractivity contribution in [1.29, 1.82) is 0 Å². The van der Waals surface area contributed by atoms with Crippen LogP contribution in [0.3, 0.4) is 0 Å². The Morgan fingerprint density at radius 3 is 2.44 bits per heavy atom. The van der Waals surface area contributed by atoms with E-state index in [4.69, 9.17) is 11.6 Å². The van der Waals surface area contributed by atoms with Crippen molar-refractivity contribution in [2.24, 2.45) is 0 Å². The molecular formula is C15H13BrClF. The second-order valence-corrected chi connectivity index (χ2v) is 5.74.